The van der Waals surface area contributed by atoms with Gasteiger partial charge >= 0.3 is 0 Å². The summed E-state index contributed by atoms with van der Waals surface area (Å²) in [6, 6.07) is 4.14. The number of nitrogens with zero attached hydrogens (tertiary/aromatic N) is 1. The van der Waals surface area contributed by atoms with E-state index in [2.05, 4.69) is 20.5 Å². The second-order valence-electron chi connectivity index (χ2n) is 9.21. The Bertz CT molecular complexity index is 1130. The van der Waals surface area contributed by atoms with Gasteiger partial charge in [-0.05, 0) is 57.5 Å². The molecular formula is C25H31FN4O4. The second kappa shape index (κ2) is 9.69. The number of aliphatic hydroxyl groups is 1. The Kier molecular flexibility index (Phi) is 6.88. The molecule has 9 heteroatoms. The summed E-state index contributed by atoms with van der Waals surface area (Å²) in [6.45, 7) is 9.63. The molecule has 1 aromatic carbocycles. The van der Waals surface area contributed by atoms with Gasteiger partial charge in [0, 0.05) is 48.8 Å². The minimum Gasteiger partial charge on any atom is -0.390 e. The Morgan fingerprint density at radius 2 is 2.03 bits per heavy atom. The number of carbonyl (C=O) groups excluding carboxylic acids is 2. The lowest BCUT2D eigenvalue weighted by atomic mass is 10.0. The lowest BCUT2D eigenvalue weighted by Gasteiger charge is -2.36. The molecular weight excluding hydrogens is 439 g/mol. The highest BCUT2D eigenvalue weighted by atomic mass is 19.1. The third kappa shape index (κ3) is 5.06. The van der Waals surface area contributed by atoms with Crippen molar-refractivity contribution in [2.75, 3.05) is 31.5 Å². The van der Waals surface area contributed by atoms with Crippen LogP contribution in [0.4, 0.5) is 10.1 Å². The number of aryl methyl sites for hydroxylation is 1. The van der Waals surface area contributed by atoms with Crippen LogP contribution < -0.4 is 10.6 Å². The predicted molar refractivity (Wildman–Crippen MR) is 128 cm³/mol. The number of benzene rings is 1. The minimum atomic E-state index is -0.712. The summed E-state index contributed by atoms with van der Waals surface area (Å²) in [7, 11) is 0. The minimum absolute atomic E-state index is 0.105. The molecule has 0 aliphatic carbocycles. The highest BCUT2D eigenvalue weighted by molar-refractivity contribution is 6.34. The Morgan fingerprint density at radius 3 is 2.74 bits per heavy atom. The Balaban J connectivity index is 1.44. The van der Waals surface area contributed by atoms with Crippen LogP contribution in [0.25, 0.3) is 11.6 Å². The number of morpholine rings is 1. The highest BCUT2D eigenvalue weighted by Crippen LogP contribution is 2.34. The van der Waals surface area contributed by atoms with E-state index in [9.17, 15) is 19.1 Å². The average molecular weight is 471 g/mol. The zero-order chi connectivity index (χ0) is 24.6. The van der Waals surface area contributed by atoms with Crippen LogP contribution in [0.2, 0.25) is 0 Å². The molecule has 1 fully saturated rings. The number of nitrogens with one attached hydrogen (secondary N) is 3. The fourth-order valence-electron chi connectivity index (χ4n) is 4.80. The van der Waals surface area contributed by atoms with Crippen LogP contribution in [-0.2, 0) is 9.53 Å². The largest absolute Gasteiger partial charge is 0.390 e. The quantitative estimate of drug-likeness (QED) is 0.486. The van der Waals surface area contributed by atoms with Crippen LogP contribution in [0.1, 0.15) is 46.7 Å². The number of carbonyl (C=O) groups is 2. The Hall–Kier alpha value is -3.01. The zero-order valence-electron chi connectivity index (χ0n) is 19.9. The first-order valence-corrected chi connectivity index (χ1v) is 11.5. The third-order valence-corrected chi connectivity index (χ3v) is 6.22. The van der Waals surface area contributed by atoms with Crippen LogP contribution in [-0.4, -0.2) is 71.3 Å². The van der Waals surface area contributed by atoms with Crippen molar-refractivity contribution in [2.45, 2.75) is 46.0 Å². The molecule has 2 aliphatic rings. The number of anilines is 1. The standard InChI is InChI=1S/C25H31FN4O4/c1-13-10-30(11-14(2)34-13)12-18(31)9-27-25(33)23-15(3)22(28-16(23)4)8-20-19-7-17(26)5-6-21(19)29-24(20)32/h5-8,13-14,18,28,31H,9-12H2,1-4H3,(H,27,33)(H,29,32)/b20-8-. The first kappa shape index (κ1) is 24.1. The van der Waals surface area contributed by atoms with Crippen molar-refractivity contribution in [3.63, 3.8) is 0 Å². The van der Waals surface area contributed by atoms with E-state index in [1.165, 1.54) is 18.2 Å². The van der Waals surface area contributed by atoms with Crippen LogP contribution in [0.15, 0.2) is 18.2 Å². The molecule has 3 unspecified atom stereocenters. The number of hydrogen-bond donors (Lipinski definition) is 4. The monoisotopic (exact) mass is 470 g/mol. The molecule has 0 bridgehead atoms. The molecule has 2 amide bonds. The van der Waals surface area contributed by atoms with E-state index in [1.807, 2.05) is 13.8 Å². The van der Waals surface area contributed by atoms with Crippen molar-refractivity contribution >= 4 is 29.2 Å². The summed E-state index contributed by atoms with van der Waals surface area (Å²) in [4.78, 5) is 30.6. The van der Waals surface area contributed by atoms with Gasteiger partial charge in [0.05, 0.1) is 29.4 Å². The van der Waals surface area contributed by atoms with Gasteiger partial charge in [-0.3, -0.25) is 14.5 Å². The molecule has 0 saturated carbocycles. The summed E-state index contributed by atoms with van der Waals surface area (Å²) in [6.07, 6.45) is 1.13. The van der Waals surface area contributed by atoms with E-state index in [4.69, 9.17) is 4.74 Å². The van der Waals surface area contributed by atoms with E-state index in [1.54, 1.807) is 19.9 Å². The number of H-pyrrole nitrogens is 1. The average Bonchev–Trinajstić information content (AvgIpc) is 3.20. The molecule has 3 heterocycles. The molecule has 0 spiro atoms. The number of aromatic amines is 1. The molecule has 1 aromatic heterocycles. The summed E-state index contributed by atoms with van der Waals surface area (Å²) in [5.74, 6) is -1.06. The molecule has 4 rings (SSSR count). The zero-order valence-corrected chi connectivity index (χ0v) is 19.9. The Morgan fingerprint density at radius 1 is 1.32 bits per heavy atom. The van der Waals surface area contributed by atoms with Gasteiger partial charge in [0.1, 0.15) is 5.82 Å². The van der Waals surface area contributed by atoms with E-state index >= 15 is 0 Å². The van der Waals surface area contributed by atoms with E-state index in [-0.39, 0.29) is 30.6 Å². The van der Waals surface area contributed by atoms with Gasteiger partial charge in [-0.1, -0.05) is 0 Å². The van der Waals surface area contributed by atoms with E-state index in [0.717, 1.165) is 13.1 Å². The van der Waals surface area contributed by atoms with Gasteiger partial charge in [-0.2, -0.15) is 0 Å². The predicted octanol–water partition coefficient (Wildman–Crippen LogP) is 2.46. The number of aromatic nitrogens is 1. The molecule has 4 N–H and O–H groups in total. The molecule has 2 aliphatic heterocycles. The van der Waals surface area contributed by atoms with Crippen molar-refractivity contribution < 1.29 is 23.8 Å². The molecule has 34 heavy (non-hydrogen) atoms. The molecule has 8 nitrogen and oxygen atoms in total. The van der Waals surface area contributed by atoms with Crippen molar-refractivity contribution in [1.82, 2.24) is 15.2 Å². The fourth-order valence-corrected chi connectivity index (χ4v) is 4.80. The first-order chi connectivity index (χ1) is 16.1. The molecule has 2 aromatic rings. The van der Waals surface area contributed by atoms with Crippen molar-refractivity contribution in [3.8, 4) is 0 Å². The maximum atomic E-state index is 13.7. The Labute approximate surface area is 198 Å². The van der Waals surface area contributed by atoms with E-state index < -0.39 is 11.9 Å². The van der Waals surface area contributed by atoms with Gasteiger partial charge in [-0.25, -0.2) is 4.39 Å². The number of fused-ring (bicyclic) bond motifs is 1. The lowest BCUT2D eigenvalue weighted by molar-refractivity contribution is -0.110. The van der Waals surface area contributed by atoms with E-state index in [0.29, 0.717) is 45.9 Å². The number of amides is 2. The summed E-state index contributed by atoms with van der Waals surface area (Å²) >= 11 is 0. The van der Waals surface area contributed by atoms with Crippen LogP contribution in [0.5, 0.6) is 0 Å². The molecule has 0 radical (unpaired) electrons. The third-order valence-electron chi connectivity index (χ3n) is 6.22. The number of rotatable bonds is 6. The summed E-state index contributed by atoms with van der Waals surface area (Å²) in [5, 5.41) is 16.0. The molecule has 182 valence electrons. The molecule has 3 atom stereocenters. The van der Waals surface area contributed by atoms with Crippen LogP contribution in [0.3, 0.4) is 0 Å². The second-order valence-corrected chi connectivity index (χ2v) is 9.21. The SMILES string of the molecule is Cc1[nH]c(/C=C2\C(=O)Nc3ccc(F)cc32)c(C)c1C(=O)NCC(O)CN1CC(C)OC(C)C1. The van der Waals surface area contributed by atoms with Gasteiger partial charge in [0.25, 0.3) is 11.8 Å². The van der Waals surface area contributed by atoms with Gasteiger partial charge in [-0.15, -0.1) is 0 Å². The van der Waals surface area contributed by atoms with Crippen LogP contribution in [0, 0.1) is 19.7 Å². The van der Waals surface area contributed by atoms with Crippen molar-refractivity contribution in [2.24, 2.45) is 0 Å². The highest BCUT2D eigenvalue weighted by Gasteiger charge is 2.27. The first-order valence-electron chi connectivity index (χ1n) is 11.5. The normalized spacial score (nSPS) is 22.5. The van der Waals surface area contributed by atoms with Gasteiger partial charge < -0.3 is 25.5 Å². The number of aliphatic hydroxyl groups excluding tert-OH is 1. The maximum absolute atomic E-state index is 13.7. The molecule has 1 saturated heterocycles. The fraction of sp³-hybridized carbons (Fsp3) is 0.440. The lowest BCUT2D eigenvalue weighted by Crippen LogP contribution is -2.49. The van der Waals surface area contributed by atoms with Crippen molar-refractivity contribution in [3.05, 3.63) is 52.1 Å². The summed E-state index contributed by atoms with van der Waals surface area (Å²) < 4.78 is 19.5. The topological polar surface area (TPSA) is 107 Å². The smallest absolute Gasteiger partial charge is 0.256 e. The number of β-amino-alcohol motifs (C(OH)–C–C–N with tert-alkyl or cyclic N) is 1. The van der Waals surface area contributed by atoms with Crippen molar-refractivity contribution in [1.29, 1.82) is 0 Å². The van der Waals surface area contributed by atoms with Gasteiger partial charge in [0.15, 0.2) is 0 Å². The maximum Gasteiger partial charge on any atom is 0.256 e. The van der Waals surface area contributed by atoms with Gasteiger partial charge in [0.2, 0.25) is 0 Å². The number of hydrogen-bond acceptors (Lipinski definition) is 5. The van der Waals surface area contributed by atoms with Crippen LogP contribution >= 0.6 is 0 Å². The summed E-state index contributed by atoms with van der Waals surface area (Å²) in [5.41, 5.74) is 3.74. The number of ether oxygens (including phenoxy) is 1. The number of halogens is 1.